The van der Waals surface area contributed by atoms with E-state index >= 15 is 0 Å². The summed E-state index contributed by atoms with van der Waals surface area (Å²) in [6.45, 7) is 0.422. The zero-order chi connectivity index (χ0) is 25.1. The van der Waals surface area contributed by atoms with Crippen LogP contribution in [0, 0.1) is 0 Å². The summed E-state index contributed by atoms with van der Waals surface area (Å²) in [5, 5.41) is 6.09. The van der Waals surface area contributed by atoms with Crippen molar-refractivity contribution in [3.8, 4) is 45.5 Å². The summed E-state index contributed by atoms with van der Waals surface area (Å²) in [5.74, 6) is 2.50. The number of rotatable bonds is 8. The Hall–Kier alpha value is -2.87. The molecule has 4 aromatic rings. The number of methoxy groups -OCH3 is 4. The molecular weight excluding hydrogens is 555 g/mol. The first kappa shape index (κ1) is 25.2. The number of hydrogen-bond acceptors (Lipinski definition) is 5. The predicted octanol–water partition coefficient (Wildman–Crippen LogP) is 7.37. The van der Waals surface area contributed by atoms with Crippen molar-refractivity contribution in [3.05, 3.63) is 74.7 Å². The summed E-state index contributed by atoms with van der Waals surface area (Å²) < 4.78 is 24.6. The SMILES string of the molecule is COc1ccc(-c2nn(Cc3ccc(Cl)cc3Cl)c(-c3ccc(OC)c(OC)c3)c2Br)cc1OC. The molecule has 0 aliphatic heterocycles. The van der Waals surface area contributed by atoms with Crippen molar-refractivity contribution in [2.24, 2.45) is 0 Å². The van der Waals surface area contributed by atoms with Crippen molar-refractivity contribution in [1.82, 2.24) is 9.78 Å². The van der Waals surface area contributed by atoms with Gasteiger partial charge in [-0.25, -0.2) is 0 Å². The molecule has 1 aromatic heterocycles. The average molecular weight is 578 g/mol. The quantitative estimate of drug-likeness (QED) is 0.219. The zero-order valence-electron chi connectivity index (χ0n) is 19.6. The number of hydrogen-bond donors (Lipinski definition) is 0. The van der Waals surface area contributed by atoms with E-state index in [4.69, 9.17) is 47.2 Å². The van der Waals surface area contributed by atoms with E-state index in [0.29, 0.717) is 39.6 Å². The normalized spacial score (nSPS) is 10.8. The maximum Gasteiger partial charge on any atom is 0.161 e. The van der Waals surface area contributed by atoms with Gasteiger partial charge in [-0.2, -0.15) is 5.10 Å². The van der Waals surface area contributed by atoms with Gasteiger partial charge in [0, 0.05) is 21.2 Å². The van der Waals surface area contributed by atoms with Gasteiger partial charge in [0.2, 0.25) is 0 Å². The molecule has 182 valence electrons. The van der Waals surface area contributed by atoms with Gasteiger partial charge in [-0.15, -0.1) is 0 Å². The smallest absolute Gasteiger partial charge is 0.161 e. The molecule has 3 aromatic carbocycles. The maximum atomic E-state index is 6.50. The molecule has 4 rings (SSSR count). The summed E-state index contributed by atoms with van der Waals surface area (Å²) in [5.41, 5.74) is 4.21. The van der Waals surface area contributed by atoms with Crippen molar-refractivity contribution in [2.45, 2.75) is 6.54 Å². The van der Waals surface area contributed by atoms with Crippen LogP contribution in [-0.4, -0.2) is 38.2 Å². The van der Waals surface area contributed by atoms with Gasteiger partial charge in [0.15, 0.2) is 23.0 Å². The molecule has 0 saturated carbocycles. The van der Waals surface area contributed by atoms with E-state index in [2.05, 4.69) is 15.9 Å². The summed E-state index contributed by atoms with van der Waals surface area (Å²) in [6, 6.07) is 16.9. The van der Waals surface area contributed by atoms with Crippen molar-refractivity contribution in [1.29, 1.82) is 0 Å². The van der Waals surface area contributed by atoms with Gasteiger partial charge in [-0.05, 0) is 70.0 Å². The highest BCUT2D eigenvalue weighted by molar-refractivity contribution is 9.10. The second-order valence-corrected chi connectivity index (χ2v) is 9.18. The van der Waals surface area contributed by atoms with Gasteiger partial charge < -0.3 is 18.9 Å². The average Bonchev–Trinajstić information content (AvgIpc) is 3.20. The molecule has 0 amide bonds. The molecule has 6 nitrogen and oxygen atoms in total. The van der Waals surface area contributed by atoms with Crippen molar-refractivity contribution in [3.63, 3.8) is 0 Å². The fraction of sp³-hybridized carbons (Fsp3) is 0.192. The molecule has 0 bridgehead atoms. The lowest BCUT2D eigenvalue weighted by atomic mass is 10.1. The third-order valence-electron chi connectivity index (χ3n) is 5.54. The van der Waals surface area contributed by atoms with Crippen LogP contribution in [0.15, 0.2) is 59.1 Å². The standard InChI is InChI=1S/C26H23BrCl2N2O4/c1-32-20-9-6-15(11-22(20)34-3)25-24(27)26(16-7-10-21(33-2)23(12-16)35-4)31(30-25)14-17-5-8-18(28)13-19(17)29/h5-13H,14H2,1-4H3. The largest absolute Gasteiger partial charge is 0.493 e. The van der Waals surface area contributed by atoms with E-state index in [9.17, 15) is 0 Å². The van der Waals surface area contributed by atoms with E-state index in [-0.39, 0.29) is 0 Å². The van der Waals surface area contributed by atoms with E-state index in [1.165, 1.54) is 0 Å². The van der Waals surface area contributed by atoms with E-state index < -0.39 is 0 Å². The van der Waals surface area contributed by atoms with Gasteiger partial charge in [0.1, 0.15) is 5.69 Å². The van der Waals surface area contributed by atoms with E-state index in [1.54, 1.807) is 34.5 Å². The van der Waals surface area contributed by atoms with Crippen LogP contribution in [0.3, 0.4) is 0 Å². The molecule has 0 aliphatic rings. The molecule has 0 aliphatic carbocycles. The molecule has 9 heteroatoms. The van der Waals surface area contributed by atoms with Crippen LogP contribution >= 0.6 is 39.1 Å². The van der Waals surface area contributed by atoms with Gasteiger partial charge in [-0.3, -0.25) is 4.68 Å². The Bertz CT molecular complexity index is 1370. The zero-order valence-corrected chi connectivity index (χ0v) is 22.7. The van der Waals surface area contributed by atoms with Gasteiger partial charge in [-0.1, -0.05) is 29.3 Å². The van der Waals surface area contributed by atoms with Crippen LogP contribution in [0.25, 0.3) is 22.5 Å². The summed E-state index contributed by atoms with van der Waals surface area (Å²) in [6.07, 6.45) is 0. The second kappa shape index (κ2) is 10.8. The molecule has 0 atom stereocenters. The first-order valence-corrected chi connectivity index (χ1v) is 12.1. The topological polar surface area (TPSA) is 54.7 Å². The van der Waals surface area contributed by atoms with E-state index in [1.807, 2.05) is 53.2 Å². The summed E-state index contributed by atoms with van der Waals surface area (Å²) >= 11 is 16.4. The Morgan fingerprint density at radius 3 is 1.89 bits per heavy atom. The number of nitrogens with zero attached hydrogens (tertiary/aromatic N) is 2. The minimum absolute atomic E-state index is 0.422. The number of benzene rings is 3. The van der Waals surface area contributed by atoms with Gasteiger partial charge in [0.05, 0.1) is 45.2 Å². The van der Waals surface area contributed by atoms with Crippen molar-refractivity contribution < 1.29 is 18.9 Å². The van der Waals surface area contributed by atoms with Gasteiger partial charge in [0.25, 0.3) is 0 Å². The molecule has 0 unspecified atom stereocenters. The van der Waals surface area contributed by atoms with Crippen LogP contribution in [0.5, 0.6) is 23.0 Å². The van der Waals surface area contributed by atoms with E-state index in [0.717, 1.165) is 32.6 Å². The van der Waals surface area contributed by atoms with Crippen LogP contribution in [0.2, 0.25) is 10.0 Å². The molecule has 35 heavy (non-hydrogen) atoms. The van der Waals surface area contributed by atoms with Crippen LogP contribution in [-0.2, 0) is 6.54 Å². The Labute approximate surface area is 222 Å². The first-order chi connectivity index (χ1) is 16.9. The Morgan fingerprint density at radius 1 is 0.743 bits per heavy atom. The van der Waals surface area contributed by atoms with Crippen LogP contribution < -0.4 is 18.9 Å². The molecule has 0 spiro atoms. The monoisotopic (exact) mass is 576 g/mol. The third-order valence-corrected chi connectivity index (χ3v) is 6.88. The van der Waals surface area contributed by atoms with Gasteiger partial charge >= 0.3 is 0 Å². The summed E-state index contributed by atoms with van der Waals surface area (Å²) in [7, 11) is 6.42. The Morgan fingerprint density at radius 2 is 1.31 bits per heavy atom. The van der Waals surface area contributed by atoms with Crippen LogP contribution in [0.4, 0.5) is 0 Å². The first-order valence-electron chi connectivity index (χ1n) is 10.5. The number of halogens is 3. The minimum Gasteiger partial charge on any atom is -0.493 e. The van der Waals surface area contributed by atoms with Crippen molar-refractivity contribution >= 4 is 39.1 Å². The summed E-state index contributed by atoms with van der Waals surface area (Å²) in [4.78, 5) is 0. The molecule has 0 radical (unpaired) electrons. The third kappa shape index (κ3) is 5.08. The predicted molar refractivity (Wildman–Crippen MR) is 143 cm³/mol. The minimum atomic E-state index is 0.422. The molecule has 0 N–H and O–H groups in total. The molecule has 0 fully saturated rings. The molecule has 0 saturated heterocycles. The highest BCUT2D eigenvalue weighted by Crippen LogP contribution is 2.42. The van der Waals surface area contributed by atoms with Crippen molar-refractivity contribution in [2.75, 3.05) is 28.4 Å². The lowest BCUT2D eigenvalue weighted by molar-refractivity contribution is 0.355. The molecule has 1 heterocycles. The Kier molecular flexibility index (Phi) is 7.79. The fourth-order valence-corrected chi connectivity index (χ4v) is 5.00. The highest BCUT2D eigenvalue weighted by Gasteiger charge is 2.22. The highest BCUT2D eigenvalue weighted by atomic mass is 79.9. The molecular formula is C26H23BrCl2N2O4. The lowest BCUT2D eigenvalue weighted by Crippen LogP contribution is -2.05. The Balaban J connectivity index is 1.91. The number of aromatic nitrogens is 2. The fourth-order valence-electron chi connectivity index (χ4n) is 3.79. The van der Waals surface area contributed by atoms with Crippen LogP contribution in [0.1, 0.15) is 5.56 Å². The number of ether oxygens (including phenoxy) is 4. The second-order valence-electron chi connectivity index (χ2n) is 7.54. The maximum absolute atomic E-state index is 6.50. The lowest BCUT2D eigenvalue weighted by Gasteiger charge is -2.13.